The van der Waals surface area contributed by atoms with Crippen LogP contribution in [0.15, 0.2) is 48.5 Å². The van der Waals surface area contributed by atoms with Gasteiger partial charge in [-0.1, -0.05) is 59.6 Å². The van der Waals surface area contributed by atoms with E-state index in [9.17, 15) is 13.2 Å². The van der Waals surface area contributed by atoms with Crippen molar-refractivity contribution in [2.75, 3.05) is 13.1 Å². The topological polar surface area (TPSA) is 66.5 Å². The van der Waals surface area contributed by atoms with Crippen LogP contribution in [-0.4, -0.2) is 31.7 Å². The molecule has 1 saturated heterocycles. The zero-order chi connectivity index (χ0) is 21.0. The maximum atomic E-state index is 12.9. The molecule has 29 heavy (non-hydrogen) atoms. The Labute approximate surface area is 182 Å². The fourth-order valence-electron chi connectivity index (χ4n) is 3.50. The second-order valence-electron chi connectivity index (χ2n) is 7.34. The van der Waals surface area contributed by atoms with E-state index in [1.807, 2.05) is 37.3 Å². The van der Waals surface area contributed by atoms with Crippen LogP contribution in [0.25, 0.3) is 0 Å². The lowest BCUT2D eigenvalue weighted by Gasteiger charge is -2.32. The molecule has 3 rings (SSSR count). The van der Waals surface area contributed by atoms with Crippen molar-refractivity contribution in [3.63, 3.8) is 0 Å². The van der Waals surface area contributed by atoms with Crippen molar-refractivity contribution in [1.82, 2.24) is 9.62 Å². The number of carbonyl (C=O) groups excluding carboxylic acids is 1. The second-order valence-corrected chi connectivity index (χ2v) is 10.1. The number of carbonyl (C=O) groups is 1. The Morgan fingerprint density at radius 3 is 2.59 bits per heavy atom. The van der Waals surface area contributed by atoms with Crippen molar-refractivity contribution >= 4 is 39.1 Å². The van der Waals surface area contributed by atoms with Crippen LogP contribution in [0.4, 0.5) is 0 Å². The SMILES string of the molecule is C[C@@H](NC(=O)C1CCCN(S(=O)(=O)Cc2ccc(Cl)c(Cl)c2)C1)c1ccccc1. The van der Waals surface area contributed by atoms with E-state index in [4.69, 9.17) is 23.2 Å². The molecule has 1 fully saturated rings. The number of piperidine rings is 1. The molecule has 1 aliphatic heterocycles. The highest BCUT2D eigenvalue weighted by Gasteiger charge is 2.33. The molecule has 2 atom stereocenters. The first kappa shape index (κ1) is 22.1. The Bertz CT molecular complexity index is 967. The molecule has 1 N–H and O–H groups in total. The fraction of sp³-hybridized carbons (Fsp3) is 0.381. The average Bonchev–Trinajstić information content (AvgIpc) is 2.71. The summed E-state index contributed by atoms with van der Waals surface area (Å²) in [6.07, 6.45) is 1.32. The lowest BCUT2D eigenvalue weighted by atomic mass is 9.98. The fourth-order valence-corrected chi connectivity index (χ4v) is 5.42. The Balaban J connectivity index is 1.64. The zero-order valence-corrected chi connectivity index (χ0v) is 18.5. The van der Waals surface area contributed by atoms with E-state index in [1.165, 1.54) is 4.31 Å². The largest absolute Gasteiger partial charge is 0.349 e. The van der Waals surface area contributed by atoms with Gasteiger partial charge in [0.1, 0.15) is 0 Å². The Morgan fingerprint density at radius 2 is 1.90 bits per heavy atom. The zero-order valence-electron chi connectivity index (χ0n) is 16.1. The second kappa shape index (κ2) is 9.47. The van der Waals surface area contributed by atoms with Crippen molar-refractivity contribution in [1.29, 1.82) is 0 Å². The quantitative estimate of drug-likeness (QED) is 0.702. The number of hydrogen-bond acceptors (Lipinski definition) is 3. The summed E-state index contributed by atoms with van der Waals surface area (Å²) in [5.41, 5.74) is 1.59. The first-order valence-corrected chi connectivity index (χ1v) is 11.9. The Morgan fingerprint density at radius 1 is 1.17 bits per heavy atom. The van der Waals surface area contributed by atoms with Gasteiger partial charge in [-0.2, -0.15) is 0 Å². The van der Waals surface area contributed by atoms with Gasteiger partial charge in [0.05, 0.1) is 27.8 Å². The molecule has 2 aromatic carbocycles. The summed E-state index contributed by atoms with van der Waals surface area (Å²) in [6, 6.07) is 14.4. The van der Waals surface area contributed by atoms with E-state index in [2.05, 4.69) is 5.32 Å². The van der Waals surface area contributed by atoms with Crippen LogP contribution in [-0.2, 0) is 20.6 Å². The monoisotopic (exact) mass is 454 g/mol. The molecule has 0 radical (unpaired) electrons. The van der Waals surface area contributed by atoms with Gasteiger partial charge in [-0.05, 0) is 43.0 Å². The highest BCUT2D eigenvalue weighted by molar-refractivity contribution is 7.88. The van der Waals surface area contributed by atoms with Crippen molar-refractivity contribution in [3.8, 4) is 0 Å². The Hall–Kier alpha value is -1.60. The molecule has 1 aliphatic rings. The van der Waals surface area contributed by atoms with Gasteiger partial charge in [-0.3, -0.25) is 4.79 Å². The molecular weight excluding hydrogens is 431 g/mol. The molecule has 2 aromatic rings. The average molecular weight is 455 g/mol. The minimum absolute atomic E-state index is 0.115. The van der Waals surface area contributed by atoms with Crippen LogP contribution in [0.3, 0.4) is 0 Å². The summed E-state index contributed by atoms with van der Waals surface area (Å²) in [5, 5.41) is 3.72. The molecule has 0 aromatic heterocycles. The molecule has 156 valence electrons. The predicted molar refractivity (Wildman–Crippen MR) is 116 cm³/mol. The van der Waals surface area contributed by atoms with Gasteiger partial charge in [0.2, 0.25) is 15.9 Å². The van der Waals surface area contributed by atoms with E-state index in [0.717, 1.165) is 5.56 Å². The van der Waals surface area contributed by atoms with Gasteiger partial charge in [-0.25, -0.2) is 12.7 Å². The number of sulfonamides is 1. The smallest absolute Gasteiger partial charge is 0.224 e. The van der Waals surface area contributed by atoms with E-state index in [-0.39, 0.29) is 30.2 Å². The lowest BCUT2D eigenvalue weighted by Crippen LogP contribution is -2.46. The third kappa shape index (κ3) is 5.72. The van der Waals surface area contributed by atoms with E-state index in [1.54, 1.807) is 18.2 Å². The molecular formula is C21H24Cl2N2O3S. The molecule has 0 spiro atoms. The number of hydrogen-bond donors (Lipinski definition) is 1. The molecule has 1 heterocycles. The van der Waals surface area contributed by atoms with Crippen LogP contribution in [0.1, 0.15) is 36.9 Å². The normalized spacial score (nSPS) is 18.9. The van der Waals surface area contributed by atoms with E-state index < -0.39 is 10.0 Å². The number of benzene rings is 2. The maximum absolute atomic E-state index is 12.9. The van der Waals surface area contributed by atoms with E-state index in [0.29, 0.717) is 35.0 Å². The number of rotatable bonds is 6. The summed E-state index contributed by atoms with van der Waals surface area (Å²) >= 11 is 11.9. The summed E-state index contributed by atoms with van der Waals surface area (Å²) < 4.78 is 27.2. The number of nitrogens with one attached hydrogen (secondary N) is 1. The number of amides is 1. The molecule has 0 bridgehead atoms. The van der Waals surface area contributed by atoms with Crippen molar-refractivity contribution in [2.45, 2.75) is 31.6 Å². The van der Waals surface area contributed by atoms with Gasteiger partial charge in [-0.15, -0.1) is 0 Å². The summed E-state index contributed by atoms with van der Waals surface area (Å²) in [7, 11) is -3.56. The van der Waals surface area contributed by atoms with Gasteiger partial charge in [0.25, 0.3) is 0 Å². The molecule has 1 amide bonds. The minimum Gasteiger partial charge on any atom is -0.349 e. The third-order valence-electron chi connectivity index (χ3n) is 5.14. The lowest BCUT2D eigenvalue weighted by molar-refractivity contribution is -0.126. The molecule has 5 nitrogen and oxygen atoms in total. The van der Waals surface area contributed by atoms with Gasteiger partial charge in [0, 0.05) is 13.1 Å². The summed E-state index contributed by atoms with van der Waals surface area (Å²) in [6.45, 7) is 2.54. The van der Waals surface area contributed by atoms with Crippen molar-refractivity contribution in [3.05, 3.63) is 69.7 Å². The van der Waals surface area contributed by atoms with Gasteiger partial charge < -0.3 is 5.32 Å². The van der Waals surface area contributed by atoms with Crippen molar-refractivity contribution in [2.24, 2.45) is 5.92 Å². The highest BCUT2D eigenvalue weighted by Crippen LogP contribution is 2.26. The van der Waals surface area contributed by atoms with Crippen molar-refractivity contribution < 1.29 is 13.2 Å². The molecule has 0 aliphatic carbocycles. The van der Waals surface area contributed by atoms with Crippen LogP contribution >= 0.6 is 23.2 Å². The first-order valence-electron chi connectivity index (χ1n) is 9.53. The standard InChI is InChI=1S/C21H24Cl2N2O3S/c1-15(17-6-3-2-4-7-17)24-21(26)18-8-5-11-25(13-18)29(27,28)14-16-9-10-19(22)20(23)12-16/h2-4,6-7,9-10,12,15,18H,5,8,11,13-14H2,1H3,(H,24,26)/t15-,18?/m1/s1. The summed E-state index contributed by atoms with van der Waals surface area (Å²) in [4.78, 5) is 12.7. The summed E-state index contributed by atoms with van der Waals surface area (Å²) in [5.74, 6) is -0.646. The van der Waals surface area contributed by atoms with Crippen LogP contribution in [0.2, 0.25) is 10.0 Å². The predicted octanol–water partition coefficient (Wildman–Crippen LogP) is 4.41. The third-order valence-corrected chi connectivity index (χ3v) is 7.70. The highest BCUT2D eigenvalue weighted by atomic mass is 35.5. The van der Waals surface area contributed by atoms with Gasteiger partial charge in [0.15, 0.2) is 0 Å². The number of halogens is 2. The Kier molecular flexibility index (Phi) is 7.22. The number of nitrogens with zero attached hydrogens (tertiary/aromatic N) is 1. The van der Waals surface area contributed by atoms with Crippen LogP contribution in [0, 0.1) is 5.92 Å². The molecule has 8 heteroatoms. The minimum atomic E-state index is -3.56. The van der Waals surface area contributed by atoms with E-state index >= 15 is 0 Å². The maximum Gasteiger partial charge on any atom is 0.224 e. The first-order chi connectivity index (χ1) is 13.8. The van der Waals surface area contributed by atoms with Crippen LogP contribution in [0.5, 0.6) is 0 Å². The molecule has 0 saturated carbocycles. The van der Waals surface area contributed by atoms with Crippen LogP contribution < -0.4 is 5.32 Å². The van der Waals surface area contributed by atoms with Gasteiger partial charge >= 0.3 is 0 Å². The molecule has 1 unspecified atom stereocenters.